The summed E-state index contributed by atoms with van der Waals surface area (Å²) in [5, 5.41) is 4.48. The van der Waals surface area contributed by atoms with Gasteiger partial charge in [0.1, 0.15) is 0 Å². The second-order valence-corrected chi connectivity index (χ2v) is 5.12. The molecule has 0 aliphatic carbocycles. The van der Waals surface area contributed by atoms with E-state index < -0.39 is 0 Å². The van der Waals surface area contributed by atoms with Gasteiger partial charge in [0.2, 0.25) is 0 Å². The lowest BCUT2D eigenvalue weighted by Gasteiger charge is -2.07. The fourth-order valence-corrected chi connectivity index (χ4v) is 2.29. The first-order chi connectivity index (χ1) is 10.8. The molecule has 2 heterocycles. The van der Waals surface area contributed by atoms with Crippen LogP contribution in [0.2, 0.25) is 0 Å². The zero-order valence-corrected chi connectivity index (χ0v) is 12.4. The summed E-state index contributed by atoms with van der Waals surface area (Å²) in [5.41, 5.74) is 4.00. The van der Waals surface area contributed by atoms with Gasteiger partial charge < -0.3 is 0 Å². The molecule has 0 amide bonds. The van der Waals surface area contributed by atoms with Crippen molar-refractivity contribution >= 4 is 0 Å². The second kappa shape index (κ2) is 6.35. The maximum Gasteiger partial charge on any atom is 0.267 e. The molecule has 3 rings (SSSR count). The van der Waals surface area contributed by atoms with Gasteiger partial charge in [-0.25, -0.2) is 4.68 Å². The molecule has 0 fully saturated rings. The van der Waals surface area contributed by atoms with E-state index in [1.165, 1.54) is 10.2 Å². The minimum Gasteiger partial charge on any atom is -0.268 e. The third kappa shape index (κ3) is 3.11. The monoisotopic (exact) mass is 291 g/mol. The first kappa shape index (κ1) is 14.2. The summed E-state index contributed by atoms with van der Waals surface area (Å²) >= 11 is 0. The van der Waals surface area contributed by atoms with E-state index in [-0.39, 0.29) is 5.56 Å². The molecule has 0 unspecified atom stereocenters. The molecule has 4 heteroatoms. The van der Waals surface area contributed by atoms with Crippen molar-refractivity contribution in [3.05, 3.63) is 82.4 Å². The van der Waals surface area contributed by atoms with Crippen molar-refractivity contribution in [2.45, 2.75) is 19.9 Å². The average Bonchev–Trinajstić information content (AvgIpc) is 2.58. The Morgan fingerprint density at radius 1 is 0.909 bits per heavy atom. The molecule has 0 spiro atoms. The van der Waals surface area contributed by atoms with E-state index in [0.717, 1.165) is 23.2 Å². The third-order valence-electron chi connectivity index (χ3n) is 3.61. The minimum absolute atomic E-state index is 0.106. The molecule has 0 N–H and O–H groups in total. The number of aromatic nitrogens is 3. The summed E-state index contributed by atoms with van der Waals surface area (Å²) in [6, 6.07) is 15.4. The van der Waals surface area contributed by atoms with Crippen LogP contribution in [0.1, 0.15) is 18.1 Å². The van der Waals surface area contributed by atoms with Crippen LogP contribution in [0.25, 0.3) is 11.3 Å². The maximum absolute atomic E-state index is 12.0. The summed E-state index contributed by atoms with van der Waals surface area (Å²) < 4.78 is 1.48. The molecular formula is C18H17N3O. The van der Waals surface area contributed by atoms with E-state index in [1.807, 2.05) is 24.3 Å². The van der Waals surface area contributed by atoms with E-state index in [2.05, 4.69) is 29.1 Å². The van der Waals surface area contributed by atoms with Crippen LogP contribution in [0.3, 0.4) is 0 Å². The van der Waals surface area contributed by atoms with Crippen LogP contribution in [-0.2, 0) is 13.0 Å². The molecule has 0 bridgehead atoms. The molecular weight excluding hydrogens is 274 g/mol. The number of nitrogens with zero attached hydrogens (tertiary/aromatic N) is 3. The Hall–Kier alpha value is -2.75. The highest BCUT2D eigenvalue weighted by atomic mass is 16.1. The first-order valence-corrected chi connectivity index (χ1v) is 7.32. The fraction of sp³-hybridized carbons (Fsp3) is 0.167. The summed E-state index contributed by atoms with van der Waals surface area (Å²) in [4.78, 5) is 16.0. The fourth-order valence-electron chi connectivity index (χ4n) is 2.29. The Labute approximate surface area is 129 Å². The zero-order chi connectivity index (χ0) is 15.4. The van der Waals surface area contributed by atoms with E-state index in [0.29, 0.717) is 6.54 Å². The van der Waals surface area contributed by atoms with Gasteiger partial charge in [0.05, 0.1) is 12.2 Å². The normalized spacial score (nSPS) is 10.6. The van der Waals surface area contributed by atoms with E-state index in [9.17, 15) is 4.79 Å². The van der Waals surface area contributed by atoms with Crippen LogP contribution in [-0.4, -0.2) is 14.8 Å². The molecule has 3 aromatic rings. The zero-order valence-electron chi connectivity index (χ0n) is 12.4. The van der Waals surface area contributed by atoms with Crippen LogP contribution in [0.5, 0.6) is 0 Å². The van der Waals surface area contributed by atoms with Gasteiger partial charge in [0.25, 0.3) is 5.56 Å². The number of pyridine rings is 1. The number of hydrogen-bond donors (Lipinski definition) is 0. The van der Waals surface area contributed by atoms with Crippen LogP contribution in [0.4, 0.5) is 0 Å². The summed E-state index contributed by atoms with van der Waals surface area (Å²) in [7, 11) is 0. The quantitative estimate of drug-likeness (QED) is 0.742. The van der Waals surface area contributed by atoms with Crippen molar-refractivity contribution < 1.29 is 0 Å². The van der Waals surface area contributed by atoms with Crippen molar-refractivity contribution in [3.63, 3.8) is 0 Å². The number of benzene rings is 1. The number of hydrogen-bond acceptors (Lipinski definition) is 3. The SMILES string of the molecule is CCc1ccc(-c2ccc(=O)n(Cc3ccncc3)n2)cc1. The lowest BCUT2D eigenvalue weighted by atomic mass is 10.1. The molecule has 110 valence electrons. The van der Waals surface area contributed by atoms with Crippen LogP contribution >= 0.6 is 0 Å². The van der Waals surface area contributed by atoms with Crippen molar-refractivity contribution in [1.29, 1.82) is 0 Å². The number of aryl methyl sites for hydroxylation is 1. The third-order valence-corrected chi connectivity index (χ3v) is 3.61. The lowest BCUT2D eigenvalue weighted by molar-refractivity contribution is 0.642. The predicted octanol–water partition coefficient (Wildman–Crippen LogP) is 2.92. The van der Waals surface area contributed by atoms with Crippen LogP contribution in [0, 0.1) is 0 Å². The van der Waals surface area contributed by atoms with Gasteiger partial charge in [0, 0.05) is 24.0 Å². The molecule has 22 heavy (non-hydrogen) atoms. The largest absolute Gasteiger partial charge is 0.268 e. The van der Waals surface area contributed by atoms with E-state index in [1.54, 1.807) is 24.5 Å². The smallest absolute Gasteiger partial charge is 0.267 e. The Morgan fingerprint density at radius 2 is 1.64 bits per heavy atom. The van der Waals surface area contributed by atoms with Gasteiger partial charge in [-0.05, 0) is 35.7 Å². The molecule has 0 saturated carbocycles. The molecule has 0 radical (unpaired) electrons. The van der Waals surface area contributed by atoms with Crippen molar-refractivity contribution in [3.8, 4) is 11.3 Å². The molecule has 0 saturated heterocycles. The molecule has 0 aliphatic heterocycles. The average molecular weight is 291 g/mol. The molecule has 2 aromatic heterocycles. The highest BCUT2D eigenvalue weighted by Gasteiger charge is 2.04. The van der Waals surface area contributed by atoms with Crippen molar-refractivity contribution in [2.24, 2.45) is 0 Å². The second-order valence-electron chi connectivity index (χ2n) is 5.12. The van der Waals surface area contributed by atoms with E-state index >= 15 is 0 Å². The first-order valence-electron chi connectivity index (χ1n) is 7.32. The maximum atomic E-state index is 12.0. The van der Waals surface area contributed by atoms with Gasteiger partial charge in [0.15, 0.2) is 0 Å². The highest BCUT2D eigenvalue weighted by Crippen LogP contribution is 2.16. The summed E-state index contributed by atoms with van der Waals surface area (Å²) in [6.07, 6.45) is 4.44. The standard InChI is InChI=1S/C18H17N3O/c1-2-14-3-5-16(6-4-14)17-7-8-18(22)21(20-17)13-15-9-11-19-12-10-15/h3-12H,2,13H2,1H3. The summed E-state index contributed by atoms with van der Waals surface area (Å²) in [5.74, 6) is 0. The van der Waals surface area contributed by atoms with E-state index in [4.69, 9.17) is 0 Å². The van der Waals surface area contributed by atoms with Crippen molar-refractivity contribution in [2.75, 3.05) is 0 Å². The Morgan fingerprint density at radius 3 is 2.32 bits per heavy atom. The Balaban J connectivity index is 1.93. The van der Waals surface area contributed by atoms with Gasteiger partial charge in [-0.15, -0.1) is 0 Å². The minimum atomic E-state index is -0.106. The van der Waals surface area contributed by atoms with Crippen molar-refractivity contribution in [1.82, 2.24) is 14.8 Å². The lowest BCUT2D eigenvalue weighted by Crippen LogP contribution is -2.22. The molecule has 4 nitrogen and oxygen atoms in total. The van der Waals surface area contributed by atoms with Gasteiger partial charge in [-0.2, -0.15) is 5.10 Å². The van der Waals surface area contributed by atoms with Gasteiger partial charge in [-0.3, -0.25) is 9.78 Å². The number of rotatable bonds is 4. The Bertz CT molecular complexity index is 808. The van der Waals surface area contributed by atoms with Crippen LogP contribution in [0.15, 0.2) is 65.7 Å². The van der Waals surface area contributed by atoms with Gasteiger partial charge >= 0.3 is 0 Å². The highest BCUT2D eigenvalue weighted by molar-refractivity contribution is 5.58. The predicted molar refractivity (Wildman–Crippen MR) is 86.7 cm³/mol. The summed E-state index contributed by atoms with van der Waals surface area (Å²) in [6.45, 7) is 2.57. The van der Waals surface area contributed by atoms with Crippen LogP contribution < -0.4 is 5.56 Å². The Kier molecular flexibility index (Phi) is 4.10. The molecule has 0 atom stereocenters. The van der Waals surface area contributed by atoms with Gasteiger partial charge in [-0.1, -0.05) is 31.2 Å². The molecule has 1 aromatic carbocycles. The topological polar surface area (TPSA) is 47.8 Å². The molecule has 0 aliphatic rings.